The molecule has 6 nitrogen and oxygen atoms in total. The molecule has 1 saturated carbocycles. The molecule has 4 fully saturated rings. The second-order valence-corrected chi connectivity index (χ2v) is 9.13. The summed E-state index contributed by atoms with van der Waals surface area (Å²) < 4.78 is 9.44. The number of aromatic amines is 1. The molecule has 4 aliphatic rings. The molecule has 6 heteroatoms. The Morgan fingerprint density at radius 1 is 1.21 bits per heavy atom. The molecule has 3 aliphatic heterocycles. The first kappa shape index (κ1) is 16.0. The fourth-order valence-electron chi connectivity index (χ4n) is 5.58. The van der Waals surface area contributed by atoms with Crippen LogP contribution in [0.1, 0.15) is 37.5 Å². The first-order chi connectivity index (χ1) is 14.0. The van der Waals surface area contributed by atoms with E-state index in [9.17, 15) is 6.17 Å². The van der Waals surface area contributed by atoms with E-state index in [1.54, 1.807) is 0 Å². The number of fused-ring (bicyclic) bond motifs is 4. The highest BCUT2D eigenvalue weighted by Crippen LogP contribution is 2.47. The number of hydrazine groups is 1. The Morgan fingerprint density at radius 2 is 2.07 bits per heavy atom. The molecular weight excluding hydrogens is 350 g/mol. The molecule has 1 aliphatic carbocycles. The first-order valence-corrected chi connectivity index (χ1v) is 10.6. The smallest absolute Gasteiger partial charge is 0.270 e. The number of carbonyl (C=O) groups is 1. The van der Waals surface area contributed by atoms with E-state index in [-0.39, 0.29) is 11.8 Å². The van der Waals surface area contributed by atoms with Crippen LogP contribution in [-0.2, 0) is 0 Å². The summed E-state index contributed by atoms with van der Waals surface area (Å²) in [5, 5.41) is 3.26. The molecule has 0 radical (unpaired) electrons. The minimum absolute atomic E-state index is 0.0577. The van der Waals surface area contributed by atoms with Gasteiger partial charge in [-0.15, -0.1) is 0 Å². The normalized spacial score (nSPS) is 35.5. The van der Waals surface area contributed by atoms with Crippen LogP contribution < -0.4 is 5.43 Å². The van der Waals surface area contributed by atoms with E-state index in [0.29, 0.717) is 23.8 Å². The summed E-state index contributed by atoms with van der Waals surface area (Å²) in [6, 6.07) is 9.58. The van der Waals surface area contributed by atoms with Gasteiger partial charge in [0.2, 0.25) is 0 Å². The van der Waals surface area contributed by atoms with Gasteiger partial charge in [-0.05, 0) is 44.9 Å². The highest BCUT2D eigenvalue weighted by molar-refractivity contribution is 5.98. The minimum Gasteiger partial charge on any atom is -0.351 e. The molecular formula is C22H29N5O. The van der Waals surface area contributed by atoms with Gasteiger partial charge in [0.15, 0.2) is 0 Å². The third-order valence-corrected chi connectivity index (χ3v) is 7.59. The number of nitrogens with one attached hydrogen (secondary N) is 2. The van der Waals surface area contributed by atoms with Gasteiger partial charge in [0.25, 0.3) is 5.91 Å². The van der Waals surface area contributed by atoms with Gasteiger partial charge in [-0.2, -0.15) is 0 Å². The third kappa shape index (κ3) is 2.55. The van der Waals surface area contributed by atoms with Crippen LogP contribution in [-0.4, -0.2) is 76.5 Å². The number of H-pyrrole nitrogens is 1. The summed E-state index contributed by atoms with van der Waals surface area (Å²) in [7, 11) is 2.19. The molecule has 1 spiro atoms. The lowest BCUT2D eigenvalue weighted by Crippen LogP contribution is -2.50. The molecule has 2 N–H and O–H groups in total. The Morgan fingerprint density at radius 3 is 2.89 bits per heavy atom. The molecule has 3 atom stereocenters. The predicted molar refractivity (Wildman–Crippen MR) is 109 cm³/mol. The predicted octanol–water partition coefficient (Wildman–Crippen LogP) is 2.06. The number of likely N-dealkylation sites (tertiary alicyclic amines) is 1. The van der Waals surface area contributed by atoms with Gasteiger partial charge in [0, 0.05) is 62.0 Å². The zero-order valence-electron chi connectivity index (χ0n) is 17.4. The number of para-hydroxylation sites is 1. The van der Waals surface area contributed by atoms with Crippen molar-refractivity contribution in [3.63, 3.8) is 0 Å². The molecule has 3 saturated heterocycles. The van der Waals surface area contributed by atoms with Crippen LogP contribution in [0.25, 0.3) is 10.9 Å². The Bertz CT molecular complexity index is 938. The minimum atomic E-state index is -0.676. The quantitative estimate of drug-likeness (QED) is 0.795. The lowest BCUT2D eigenvalue weighted by Gasteiger charge is -2.37. The molecule has 1 amide bonds. The van der Waals surface area contributed by atoms with E-state index in [1.165, 1.54) is 12.8 Å². The molecule has 0 bridgehead atoms. The number of likely N-dealkylation sites (N-methyl/N-ethyl adjacent to an activating group) is 1. The van der Waals surface area contributed by atoms with Gasteiger partial charge in [-0.1, -0.05) is 18.2 Å². The molecule has 28 heavy (non-hydrogen) atoms. The van der Waals surface area contributed by atoms with Crippen molar-refractivity contribution >= 4 is 16.8 Å². The molecule has 6 rings (SSSR count). The van der Waals surface area contributed by atoms with E-state index in [1.807, 2.05) is 35.2 Å². The lowest BCUT2D eigenvalue weighted by atomic mass is 9.87. The summed E-state index contributed by atoms with van der Waals surface area (Å²) in [5.41, 5.74) is 5.63. The number of hydrogen-bond acceptors (Lipinski definition) is 4. The second-order valence-electron chi connectivity index (χ2n) is 9.13. The highest BCUT2D eigenvalue weighted by Gasteiger charge is 2.53. The van der Waals surface area contributed by atoms with Crippen LogP contribution in [0.3, 0.4) is 0 Å². The number of aromatic nitrogens is 1. The Kier molecular flexibility index (Phi) is 3.45. The second kappa shape index (κ2) is 6.05. The first-order valence-electron chi connectivity index (χ1n) is 11.1. The van der Waals surface area contributed by atoms with Gasteiger partial charge in [-0.3, -0.25) is 15.1 Å². The Labute approximate surface area is 167 Å². The van der Waals surface area contributed by atoms with Gasteiger partial charge >= 0.3 is 0 Å². The lowest BCUT2D eigenvalue weighted by molar-refractivity contribution is 0.0630. The number of benzene rings is 1. The number of nitrogens with zero attached hydrogens (tertiary/aromatic N) is 3. The maximum absolute atomic E-state index is 13.3. The third-order valence-electron chi connectivity index (χ3n) is 7.59. The van der Waals surface area contributed by atoms with E-state index in [4.69, 9.17) is 0 Å². The summed E-state index contributed by atoms with van der Waals surface area (Å²) in [6.07, 6.45) is 4.55. The fraction of sp³-hybridized carbons (Fsp3) is 0.591. The van der Waals surface area contributed by atoms with Crippen molar-refractivity contribution in [1.82, 2.24) is 25.2 Å². The Hall–Kier alpha value is -1.89. The number of hydrogen-bond donors (Lipinski definition) is 2. The van der Waals surface area contributed by atoms with E-state index >= 15 is 0 Å². The van der Waals surface area contributed by atoms with Crippen molar-refractivity contribution < 1.29 is 6.17 Å². The zero-order chi connectivity index (χ0) is 19.8. The molecule has 2 aromatic rings. The fourth-order valence-corrected chi connectivity index (χ4v) is 5.58. The summed E-state index contributed by atoms with van der Waals surface area (Å²) in [4.78, 5) is 20.9. The van der Waals surface area contributed by atoms with Crippen molar-refractivity contribution in [2.45, 2.75) is 43.3 Å². The van der Waals surface area contributed by atoms with Gasteiger partial charge in [0.05, 0.1) is 0 Å². The Balaban J connectivity index is 1.25. The average Bonchev–Trinajstić information content (AvgIpc) is 3.33. The van der Waals surface area contributed by atoms with Crippen LogP contribution in [0.2, 0.25) is 0 Å². The maximum Gasteiger partial charge on any atom is 0.270 e. The maximum atomic E-state index is 13.3. The zero-order valence-corrected chi connectivity index (χ0v) is 16.4. The van der Waals surface area contributed by atoms with Crippen molar-refractivity contribution in [3.8, 4) is 0 Å². The van der Waals surface area contributed by atoms with Crippen LogP contribution in [0.4, 0.5) is 0 Å². The van der Waals surface area contributed by atoms with Crippen LogP contribution >= 0.6 is 0 Å². The van der Waals surface area contributed by atoms with Crippen LogP contribution in [0, 0.1) is 5.92 Å². The van der Waals surface area contributed by atoms with Gasteiger partial charge in [-0.25, -0.2) is 5.01 Å². The van der Waals surface area contributed by atoms with E-state index in [2.05, 4.69) is 27.4 Å². The van der Waals surface area contributed by atoms with Crippen molar-refractivity contribution in [3.05, 3.63) is 36.0 Å². The van der Waals surface area contributed by atoms with Crippen molar-refractivity contribution in [2.24, 2.45) is 5.92 Å². The largest absolute Gasteiger partial charge is 0.351 e. The van der Waals surface area contributed by atoms with Crippen LogP contribution in [0.5, 0.6) is 0 Å². The number of piperidine rings is 1. The SMILES string of the molecule is [2H]C12CN(C)C3(CCN1NC1CCN(C(=O)c4cc5ccccc5[nH]4)CC12)CC3. The summed E-state index contributed by atoms with van der Waals surface area (Å²) in [6.45, 7) is 3.06. The van der Waals surface area contributed by atoms with E-state index in [0.717, 1.165) is 43.4 Å². The standard InChI is InChI=1S/C22H29N5O/c1-25-14-20-16-13-26(21(28)19-12-15-4-2-3-5-17(15)23-19)10-6-18(16)24-27(20)11-9-22(25)7-8-22/h2-5,12,16,18,20,23-24H,6-11,13-14H2,1H3/i20D. The van der Waals surface area contributed by atoms with Crippen LogP contribution in [0.15, 0.2) is 30.3 Å². The monoisotopic (exact) mass is 380 g/mol. The van der Waals surface area contributed by atoms with Crippen molar-refractivity contribution in [1.29, 1.82) is 0 Å². The van der Waals surface area contributed by atoms with Gasteiger partial charge < -0.3 is 9.88 Å². The molecule has 4 heterocycles. The van der Waals surface area contributed by atoms with E-state index < -0.39 is 6.02 Å². The molecule has 1 aromatic carbocycles. The average molecular weight is 381 g/mol. The number of rotatable bonds is 1. The summed E-state index contributed by atoms with van der Waals surface area (Å²) in [5.74, 6) is 0.184. The van der Waals surface area contributed by atoms with Crippen molar-refractivity contribution in [2.75, 3.05) is 33.2 Å². The molecule has 3 unspecified atom stereocenters. The molecule has 1 aromatic heterocycles. The molecule has 148 valence electrons. The van der Waals surface area contributed by atoms with Gasteiger partial charge in [0.1, 0.15) is 5.69 Å². The number of carbonyl (C=O) groups excluding carboxylic acids is 1. The topological polar surface area (TPSA) is 54.6 Å². The number of amides is 1. The highest BCUT2D eigenvalue weighted by atomic mass is 16.2. The summed E-state index contributed by atoms with van der Waals surface area (Å²) >= 11 is 0.